The topological polar surface area (TPSA) is 80.9 Å². The highest BCUT2D eigenvalue weighted by Gasteiger charge is 2.25. The number of carbonyl (C=O) groups excluding carboxylic acids is 1. The van der Waals surface area contributed by atoms with Gasteiger partial charge in [-0.25, -0.2) is 0 Å². The number of anilines is 1. The van der Waals surface area contributed by atoms with Gasteiger partial charge in [0.25, 0.3) is 5.91 Å². The standard InChI is InChI=1S/C6H8N4OS/c7-5-4(12-10-9-5)6(11)8-3-1-2-3/h3H,1-2,7H2,(H,8,11). The molecule has 1 aliphatic carbocycles. The normalized spacial score (nSPS) is 16.0. The second kappa shape index (κ2) is 2.71. The summed E-state index contributed by atoms with van der Waals surface area (Å²) < 4.78 is 3.58. The molecule has 1 saturated carbocycles. The molecular weight excluding hydrogens is 176 g/mol. The van der Waals surface area contributed by atoms with Crippen molar-refractivity contribution in [1.29, 1.82) is 0 Å². The number of amides is 1. The summed E-state index contributed by atoms with van der Waals surface area (Å²) in [7, 11) is 0. The number of rotatable bonds is 2. The summed E-state index contributed by atoms with van der Waals surface area (Å²) in [5.74, 6) is 0.0724. The van der Waals surface area contributed by atoms with E-state index in [1.54, 1.807) is 0 Å². The molecule has 0 aliphatic heterocycles. The Labute approximate surface area is 73.1 Å². The number of nitrogens with two attached hydrogens (primary N) is 1. The molecule has 0 bridgehead atoms. The van der Waals surface area contributed by atoms with Crippen LogP contribution in [0, 0.1) is 0 Å². The molecular formula is C6H8N4OS. The highest BCUT2D eigenvalue weighted by molar-refractivity contribution is 7.08. The molecule has 0 aromatic carbocycles. The van der Waals surface area contributed by atoms with Crippen LogP contribution in [0.1, 0.15) is 22.5 Å². The Morgan fingerprint density at radius 1 is 1.67 bits per heavy atom. The fraction of sp³-hybridized carbons (Fsp3) is 0.500. The molecule has 1 heterocycles. The lowest BCUT2D eigenvalue weighted by Crippen LogP contribution is -2.25. The number of hydrogen-bond donors (Lipinski definition) is 2. The Morgan fingerprint density at radius 2 is 2.42 bits per heavy atom. The van der Waals surface area contributed by atoms with Crippen molar-refractivity contribution >= 4 is 23.3 Å². The maximum Gasteiger partial charge on any atom is 0.267 e. The van der Waals surface area contributed by atoms with Crippen LogP contribution in [0.5, 0.6) is 0 Å². The van der Waals surface area contributed by atoms with Gasteiger partial charge in [-0.1, -0.05) is 4.49 Å². The maximum absolute atomic E-state index is 11.3. The highest BCUT2D eigenvalue weighted by atomic mass is 32.1. The van der Waals surface area contributed by atoms with Crippen molar-refractivity contribution in [3.63, 3.8) is 0 Å². The summed E-state index contributed by atoms with van der Waals surface area (Å²) in [5, 5.41) is 6.36. The number of hydrogen-bond acceptors (Lipinski definition) is 5. The minimum Gasteiger partial charge on any atom is -0.381 e. The van der Waals surface area contributed by atoms with Gasteiger partial charge in [0.2, 0.25) is 0 Å². The summed E-state index contributed by atoms with van der Waals surface area (Å²) in [6.07, 6.45) is 2.13. The van der Waals surface area contributed by atoms with Gasteiger partial charge in [-0.05, 0) is 24.4 Å². The van der Waals surface area contributed by atoms with E-state index in [9.17, 15) is 4.79 Å². The molecule has 0 unspecified atom stereocenters. The van der Waals surface area contributed by atoms with E-state index in [0.29, 0.717) is 10.9 Å². The molecule has 2 rings (SSSR count). The SMILES string of the molecule is Nc1nnsc1C(=O)NC1CC1. The Hall–Kier alpha value is -1.17. The summed E-state index contributed by atoms with van der Waals surface area (Å²) >= 11 is 1.03. The van der Waals surface area contributed by atoms with E-state index in [4.69, 9.17) is 5.73 Å². The Morgan fingerprint density at radius 3 is 2.92 bits per heavy atom. The fourth-order valence-electron chi connectivity index (χ4n) is 0.834. The fourth-order valence-corrected chi connectivity index (χ4v) is 1.32. The summed E-state index contributed by atoms with van der Waals surface area (Å²) in [4.78, 5) is 11.7. The number of nitrogens with one attached hydrogen (secondary N) is 1. The van der Waals surface area contributed by atoms with Gasteiger partial charge in [0.1, 0.15) is 0 Å². The van der Waals surface area contributed by atoms with Gasteiger partial charge in [0.15, 0.2) is 10.7 Å². The smallest absolute Gasteiger partial charge is 0.267 e. The zero-order chi connectivity index (χ0) is 8.55. The molecule has 6 heteroatoms. The number of aromatic nitrogens is 2. The zero-order valence-electron chi connectivity index (χ0n) is 6.28. The highest BCUT2D eigenvalue weighted by Crippen LogP contribution is 2.20. The van der Waals surface area contributed by atoms with E-state index < -0.39 is 0 Å². The van der Waals surface area contributed by atoms with Crippen LogP contribution in [0.4, 0.5) is 5.82 Å². The van der Waals surface area contributed by atoms with Gasteiger partial charge < -0.3 is 11.1 Å². The molecule has 0 saturated heterocycles. The number of nitrogen functional groups attached to an aromatic ring is 1. The minimum absolute atomic E-state index is 0.148. The van der Waals surface area contributed by atoms with Gasteiger partial charge in [-0.15, -0.1) is 5.10 Å². The molecule has 1 aromatic heterocycles. The van der Waals surface area contributed by atoms with E-state index in [1.807, 2.05) is 0 Å². The average Bonchev–Trinajstić information content (AvgIpc) is 2.72. The molecule has 1 amide bonds. The van der Waals surface area contributed by atoms with Gasteiger partial charge in [0, 0.05) is 6.04 Å². The third kappa shape index (κ3) is 1.38. The third-order valence-corrected chi connectivity index (χ3v) is 2.37. The number of carbonyl (C=O) groups is 1. The first kappa shape index (κ1) is 7.48. The lowest BCUT2D eigenvalue weighted by Gasteiger charge is -1.98. The largest absolute Gasteiger partial charge is 0.381 e. The molecule has 0 radical (unpaired) electrons. The van der Waals surface area contributed by atoms with Gasteiger partial charge in [0.05, 0.1) is 0 Å². The van der Waals surface area contributed by atoms with Crippen molar-refractivity contribution in [1.82, 2.24) is 14.9 Å². The van der Waals surface area contributed by atoms with Gasteiger partial charge in [-0.3, -0.25) is 4.79 Å². The summed E-state index contributed by atoms with van der Waals surface area (Å²) in [5.41, 5.74) is 5.41. The van der Waals surface area contributed by atoms with E-state index >= 15 is 0 Å². The van der Waals surface area contributed by atoms with Crippen LogP contribution in [-0.4, -0.2) is 21.5 Å². The Kier molecular flexibility index (Phi) is 1.69. The predicted octanol–water partition coefficient (Wildman–Crippen LogP) is 0.0125. The van der Waals surface area contributed by atoms with Crippen LogP contribution in [-0.2, 0) is 0 Å². The summed E-state index contributed by atoms with van der Waals surface area (Å²) in [6, 6.07) is 0.346. The van der Waals surface area contributed by atoms with Crippen molar-refractivity contribution in [2.45, 2.75) is 18.9 Å². The lowest BCUT2D eigenvalue weighted by molar-refractivity contribution is 0.0956. The molecule has 1 aliphatic rings. The average molecular weight is 184 g/mol. The third-order valence-electron chi connectivity index (χ3n) is 1.63. The summed E-state index contributed by atoms with van der Waals surface area (Å²) in [6.45, 7) is 0. The van der Waals surface area contributed by atoms with Crippen molar-refractivity contribution in [3.05, 3.63) is 4.88 Å². The van der Waals surface area contributed by atoms with Crippen LogP contribution in [0.3, 0.4) is 0 Å². The quantitative estimate of drug-likeness (QED) is 0.678. The lowest BCUT2D eigenvalue weighted by atomic mass is 10.4. The zero-order valence-corrected chi connectivity index (χ0v) is 7.10. The minimum atomic E-state index is -0.148. The van der Waals surface area contributed by atoms with Gasteiger partial charge in [-0.2, -0.15) is 0 Å². The van der Waals surface area contributed by atoms with E-state index in [2.05, 4.69) is 14.9 Å². The van der Waals surface area contributed by atoms with E-state index in [1.165, 1.54) is 0 Å². The molecule has 0 atom stereocenters. The first-order valence-corrected chi connectivity index (χ1v) is 4.43. The number of nitrogens with zero attached hydrogens (tertiary/aromatic N) is 2. The van der Waals surface area contributed by atoms with Crippen LogP contribution >= 0.6 is 11.5 Å². The molecule has 64 valence electrons. The first-order valence-electron chi connectivity index (χ1n) is 3.66. The van der Waals surface area contributed by atoms with Crippen molar-refractivity contribution in [2.24, 2.45) is 0 Å². The van der Waals surface area contributed by atoms with Crippen LogP contribution in [0.25, 0.3) is 0 Å². The molecule has 3 N–H and O–H groups in total. The van der Waals surface area contributed by atoms with Crippen LogP contribution < -0.4 is 11.1 Å². The van der Waals surface area contributed by atoms with Crippen molar-refractivity contribution < 1.29 is 4.79 Å². The second-order valence-electron chi connectivity index (χ2n) is 2.74. The van der Waals surface area contributed by atoms with E-state index in [-0.39, 0.29) is 11.7 Å². The molecule has 1 fully saturated rings. The first-order chi connectivity index (χ1) is 5.77. The predicted molar refractivity (Wildman–Crippen MR) is 44.8 cm³/mol. The second-order valence-corrected chi connectivity index (χ2v) is 3.49. The molecule has 1 aromatic rings. The Balaban J connectivity index is 2.07. The van der Waals surface area contributed by atoms with Crippen LogP contribution in [0.2, 0.25) is 0 Å². The van der Waals surface area contributed by atoms with E-state index in [0.717, 1.165) is 24.4 Å². The van der Waals surface area contributed by atoms with Crippen LogP contribution in [0.15, 0.2) is 0 Å². The maximum atomic E-state index is 11.3. The molecule has 0 spiro atoms. The van der Waals surface area contributed by atoms with Crippen molar-refractivity contribution in [2.75, 3.05) is 5.73 Å². The molecule has 12 heavy (non-hydrogen) atoms. The monoisotopic (exact) mass is 184 g/mol. The van der Waals surface area contributed by atoms with Gasteiger partial charge >= 0.3 is 0 Å². The molecule has 5 nitrogen and oxygen atoms in total. The van der Waals surface area contributed by atoms with Crippen molar-refractivity contribution in [3.8, 4) is 0 Å². The Bertz CT molecular complexity index is 306.